The number of aliphatic hydroxyl groups is 1. The summed E-state index contributed by atoms with van der Waals surface area (Å²) >= 11 is 0. The van der Waals surface area contributed by atoms with Crippen LogP contribution in [0.15, 0.2) is 30.8 Å². The van der Waals surface area contributed by atoms with Gasteiger partial charge < -0.3 is 21.1 Å². The summed E-state index contributed by atoms with van der Waals surface area (Å²) in [5.74, 6) is 0.0528. The monoisotopic (exact) mass is 333 g/mol. The third kappa shape index (κ3) is 8.70. The lowest BCUT2D eigenvalue weighted by Gasteiger charge is -2.14. The van der Waals surface area contributed by atoms with Crippen molar-refractivity contribution in [1.29, 1.82) is 0 Å². The van der Waals surface area contributed by atoms with Crippen LogP contribution in [0, 0.1) is 0 Å². The fourth-order valence-electron chi connectivity index (χ4n) is 2.47. The maximum absolute atomic E-state index is 11.9. The summed E-state index contributed by atoms with van der Waals surface area (Å²) in [5, 5.41) is 11.7. The van der Waals surface area contributed by atoms with Crippen LogP contribution in [0.2, 0.25) is 0 Å². The summed E-state index contributed by atoms with van der Waals surface area (Å²) in [7, 11) is 2.02. The van der Waals surface area contributed by atoms with Crippen LogP contribution >= 0.6 is 0 Å². The number of hydrogen-bond acceptors (Lipinski definition) is 4. The Bertz CT molecular complexity index is 500. The molecule has 0 aromatic heterocycles. The summed E-state index contributed by atoms with van der Waals surface area (Å²) in [6, 6.07) is 7.39. The van der Waals surface area contributed by atoms with E-state index in [2.05, 4.69) is 16.8 Å². The number of benzene rings is 1. The van der Waals surface area contributed by atoms with Gasteiger partial charge in [-0.3, -0.25) is 4.79 Å². The fraction of sp³-hybridized carbons (Fsp3) is 0.526. The van der Waals surface area contributed by atoms with Crippen molar-refractivity contribution < 1.29 is 9.90 Å². The summed E-state index contributed by atoms with van der Waals surface area (Å²) in [6.45, 7) is 5.66. The Labute approximate surface area is 145 Å². The number of nitrogens with two attached hydrogens (primary N) is 1. The maximum atomic E-state index is 11.9. The quantitative estimate of drug-likeness (QED) is 0.514. The van der Waals surface area contributed by atoms with Gasteiger partial charge in [-0.1, -0.05) is 38.0 Å². The molecule has 0 radical (unpaired) electrons. The predicted octanol–water partition coefficient (Wildman–Crippen LogP) is 2.82. The molecule has 24 heavy (non-hydrogen) atoms. The Kier molecular flexibility index (Phi) is 9.80. The summed E-state index contributed by atoms with van der Waals surface area (Å²) < 4.78 is 0. The fourth-order valence-corrected chi connectivity index (χ4v) is 2.47. The molecule has 0 bridgehead atoms. The first-order valence-corrected chi connectivity index (χ1v) is 8.67. The minimum Gasteiger partial charge on any atom is -0.399 e. The molecule has 1 aromatic carbocycles. The van der Waals surface area contributed by atoms with Gasteiger partial charge in [-0.05, 0) is 44.1 Å². The van der Waals surface area contributed by atoms with Crippen molar-refractivity contribution in [3.8, 4) is 0 Å². The molecule has 0 unspecified atom stereocenters. The topological polar surface area (TPSA) is 78.6 Å². The van der Waals surface area contributed by atoms with Crippen molar-refractivity contribution in [2.75, 3.05) is 32.1 Å². The Morgan fingerprint density at radius 1 is 1.12 bits per heavy atom. The molecule has 0 fully saturated rings. The molecular weight excluding hydrogens is 302 g/mol. The van der Waals surface area contributed by atoms with Crippen LogP contribution in [0.4, 0.5) is 5.69 Å². The van der Waals surface area contributed by atoms with E-state index in [4.69, 9.17) is 10.8 Å². The zero-order valence-electron chi connectivity index (χ0n) is 14.8. The van der Waals surface area contributed by atoms with Crippen molar-refractivity contribution in [2.24, 2.45) is 5.73 Å². The van der Waals surface area contributed by atoms with Gasteiger partial charge in [0, 0.05) is 24.4 Å². The van der Waals surface area contributed by atoms with Gasteiger partial charge in [-0.25, -0.2) is 0 Å². The van der Waals surface area contributed by atoms with E-state index in [0.717, 1.165) is 50.0 Å². The molecule has 0 atom stereocenters. The number of carbonyl (C=O) groups excluding carboxylic acids is 1. The SMILES string of the molecule is C=C(N)c1ccc(NC(=O)CCCCCCCN(C)CCO)cc1. The second-order valence-corrected chi connectivity index (χ2v) is 6.20. The van der Waals surface area contributed by atoms with Crippen molar-refractivity contribution >= 4 is 17.3 Å². The first-order valence-electron chi connectivity index (χ1n) is 8.67. The zero-order valence-corrected chi connectivity index (χ0v) is 14.8. The van der Waals surface area contributed by atoms with Crippen LogP contribution in [0.5, 0.6) is 0 Å². The van der Waals surface area contributed by atoms with E-state index in [0.29, 0.717) is 12.1 Å². The number of likely N-dealkylation sites (N-methyl/N-ethyl adjacent to an activating group) is 1. The number of nitrogens with zero attached hydrogens (tertiary/aromatic N) is 1. The summed E-state index contributed by atoms with van der Waals surface area (Å²) in [5.41, 5.74) is 7.80. The summed E-state index contributed by atoms with van der Waals surface area (Å²) in [6.07, 6.45) is 5.99. The number of carbonyl (C=O) groups is 1. The standard InChI is InChI=1S/C19H31N3O2/c1-16(20)17-9-11-18(12-10-17)21-19(24)8-6-4-3-5-7-13-22(2)14-15-23/h9-12,23H,1,3-8,13-15,20H2,2H3,(H,21,24). The summed E-state index contributed by atoms with van der Waals surface area (Å²) in [4.78, 5) is 14.0. The molecule has 4 N–H and O–H groups in total. The largest absolute Gasteiger partial charge is 0.399 e. The minimum atomic E-state index is 0.0528. The lowest BCUT2D eigenvalue weighted by atomic mass is 10.1. The van der Waals surface area contributed by atoms with E-state index in [9.17, 15) is 4.79 Å². The van der Waals surface area contributed by atoms with Crippen molar-refractivity contribution in [3.05, 3.63) is 36.4 Å². The molecule has 0 aliphatic rings. The number of aliphatic hydroxyl groups excluding tert-OH is 1. The zero-order chi connectivity index (χ0) is 17.8. The highest BCUT2D eigenvalue weighted by molar-refractivity contribution is 5.90. The van der Waals surface area contributed by atoms with E-state index in [1.807, 2.05) is 31.3 Å². The van der Waals surface area contributed by atoms with Crippen LogP contribution in [-0.2, 0) is 4.79 Å². The number of nitrogens with one attached hydrogen (secondary N) is 1. The van der Waals surface area contributed by atoms with E-state index < -0.39 is 0 Å². The van der Waals surface area contributed by atoms with Crippen LogP contribution in [0.1, 0.15) is 44.1 Å². The smallest absolute Gasteiger partial charge is 0.224 e. The van der Waals surface area contributed by atoms with Gasteiger partial charge in [0.2, 0.25) is 5.91 Å². The Hall–Kier alpha value is -1.85. The molecule has 1 amide bonds. The van der Waals surface area contributed by atoms with Gasteiger partial charge in [0.05, 0.1) is 6.61 Å². The number of rotatable bonds is 12. The molecule has 0 saturated heterocycles. The van der Waals surface area contributed by atoms with Crippen molar-refractivity contribution in [2.45, 2.75) is 38.5 Å². The Balaban J connectivity index is 2.08. The first-order chi connectivity index (χ1) is 11.5. The molecule has 0 aliphatic carbocycles. The van der Waals surface area contributed by atoms with Crippen LogP contribution in [-0.4, -0.2) is 42.7 Å². The van der Waals surface area contributed by atoms with E-state index in [1.165, 1.54) is 6.42 Å². The normalized spacial score (nSPS) is 10.8. The van der Waals surface area contributed by atoms with Gasteiger partial charge in [0.1, 0.15) is 0 Å². The molecule has 0 spiro atoms. The highest BCUT2D eigenvalue weighted by Crippen LogP contribution is 2.14. The van der Waals surface area contributed by atoms with Gasteiger partial charge in [0.15, 0.2) is 0 Å². The van der Waals surface area contributed by atoms with Crippen LogP contribution in [0.25, 0.3) is 5.70 Å². The van der Waals surface area contributed by atoms with Gasteiger partial charge in [-0.15, -0.1) is 0 Å². The van der Waals surface area contributed by atoms with Crippen LogP contribution < -0.4 is 11.1 Å². The predicted molar refractivity (Wildman–Crippen MR) is 101 cm³/mol. The maximum Gasteiger partial charge on any atom is 0.224 e. The van der Waals surface area contributed by atoms with Crippen molar-refractivity contribution in [3.63, 3.8) is 0 Å². The lowest BCUT2D eigenvalue weighted by Crippen LogP contribution is -2.23. The van der Waals surface area contributed by atoms with Gasteiger partial charge in [0.25, 0.3) is 0 Å². The second kappa shape index (κ2) is 11.6. The van der Waals surface area contributed by atoms with E-state index in [-0.39, 0.29) is 12.5 Å². The van der Waals surface area contributed by atoms with Crippen molar-refractivity contribution in [1.82, 2.24) is 4.90 Å². The molecule has 134 valence electrons. The first kappa shape index (κ1) is 20.2. The number of anilines is 1. The minimum absolute atomic E-state index is 0.0528. The molecule has 5 nitrogen and oxygen atoms in total. The molecule has 0 saturated carbocycles. The average Bonchev–Trinajstić information content (AvgIpc) is 2.54. The van der Waals surface area contributed by atoms with E-state index in [1.54, 1.807) is 0 Å². The Morgan fingerprint density at radius 2 is 1.75 bits per heavy atom. The molecule has 0 aliphatic heterocycles. The highest BCUT2D eigenvalue weighted by Gasteiger charge is 2.03. The third-order valence-corrected chi connectivity index (χ3v) is 3.96. The molecule has 1 rings (SSSR count). The molecule has 1 aromatic rings. The number of amides is 1. The van der Waals surface area contributed by atoms with E-state index >= 15 is 0 Å². The average molecular weight is 333 g/mol. The van der Waals surface area contributed by atoms with Gasteiger partial charge >= 0.3 is 0 Å². The molecule has 0 heterocycles. The molecular formula is C19H31N3O2. The lowest BCUT2D eigenvalue weighted by molar-refractivity contribution is -0.116. The highest BCUT2D eigenvalue weighted by atomic mass is 16.3. The molecule has 5 heteroatoms. The Morgan fingerprint density at radius 3 is 2.38 bits per heavy atom. The number of unbranched alkanes of at least 4 members (excludes halogenated alkanes) is 4. The van der Waals surface area contributed by atoms with Gasteiger partial charge in [-0.2, -0.15) is 0 Å². The second-order valence-electron chi connectivity index (χ2n) is 6.20. The van der Waals surface area contributed by atoms with Crippen LogP contribution in [0.3, 0.4) is 0 Å². The third-order valence-electron chi connectivity index (χ3n) is 3.96. The number of hydrogen-bond donors (Lipinski definition) is 3.